The molecule has 0 saturated heterocycles. The molecule has 0 aromatic carbocycles. The van der Waals surface area contributed by atoms with E-state index in [1.54, 1.807) is 23.1 Å². The Kier molecular flexibility index (Phi) is 3.39. The van der Waals surface area contributed by atoms with Crippen LogP contribution in [0.25, 0.3) is 0 Å². The fourth-order valence-corrected chi connectivity index (χ4v) is 1.69. The summed E-state index contributed by atoms with van der Waals surface area (Å²) >= 11 is 0. The van der Waals surface area contributed by atoms with Gasteiger partial charge in [-0.2, -0.15) is 5.10 Å². The van der Waals surface area contributed by atoms with Crippen molar-refractivity contribution in [3.05, 3.63) is 41.9 Å². The summed E-state index contributed by atoms with van der Waals surface area (Å²) in [6.07, 6.45) is 5.15. The molecule has 2 heterocycles. The number of aromatic nitrogens is 3. The van der Waals surface area contributed by atoms with Crippen molar-refractivity contribution in [2.75, 3.05) is 5.73 Å². The molecule has 0 radical (unpaired) electrons. The van der Waals surface area contributed by atoms with Crippen molar-refractivity contribution in [1.29, 1.82) is 0 Å². The number of hydrogen-bond donors (Lipinski definition) is 2. The first-order chi connectivity index (χ1) is 8.19. The van der Waals surface area contributed by atoms with Gasteiger partial charge >= 0.3 is 0 Å². The van der Waals surface area contributed by atoms with Gasteiger partial charge in [0.25, 0.3) is 0 Å². The number of aliphatic hydroxyl groups excluding tert-OH is 1. The van der Waals surface area contributed by atoms with Crippen LogP contribution < -0.4 is 5.73 Å². The minimum absolute atomic E-state index is 0.471. The molecule has 0 spiro atoms. The van der Waals surface area contributed by atoms with Crippen molar-refractivity contribution in [2.45, 2.75) is 26.0 Å². The van der Waals surface area contributed by atoms with Gasteiger partial charge in [0, 0.05) is 30.9 Å². The summed E-state index contributed by atoms with van der Waals surface area (Å²) in [6.45, 7) is 2.81. The number of nitrogens with two attached hydrogens (primary N) is 1. The fraction of sp³-hybridized carbons (Fsp3) is 0.333. The average molecular weight is 232 g/mol. The molecule has 3 N–H and O–H groups in total. The van der Waals surface area contributed by atoms with Gasteiger partial charge in [-0.15, -0.1) is 0 Å². The molecule has 2 rings (SSSR count). The average Bonchev–Trinajstić information content (AvgIpc) is 2.77. The van der Waals surface area contributed by atoms with Crippen LogP contribution in [-0.4, -0.2) is 19.9 Å². The largest absolute Gasteiger partial charge is 0.388 e. The normalized spacial score (nSPS) is 12.6. The van der Waals surface area contributed by atoms with E-state index in [1.807, 2.05) is 19.2 Å². The van der Waals surface area contributed by atoms with Crippen molar-refractivity contribution < 1.29 is 5.11 Å². The third-order valence-corrected chi connectivity index (χ3v) is 2.64. The molecular weight excluding hydrogens is 216 g/mol. The molecule has 0 fully saturated rings. The molecule has 0 aliphatic rings. The second-order valence-corrected chi connectivity index (χ2v) is 3.94. The van der Waals surface area contributed by atoms with E-state index in [9.17, 15) is 5.11 Å². The summed E-state index contributed by atoms with van der Waals surface area (Å²) in [4.78, 5) is 3.92. The minimum atomic E-state index is -0.558. The molecule has 5 heteroatoms. The lowest BCUT2D eigenvalue weighted by atomic mass is 10.1. The van der Waals surface area contributed by atoms with Gasteiger partial charge in [0.05, 0.1) is 12.3 Å². The van der Waals surface area contributed by atoms with Crippen LogP contribution >= 0.6 is 0 Å². The zero-order valence-electron chi connectivity index (χ0n) is 9.74. The Labute approximate surface area is 99.9 Å². The lowest BCUT2D eigenvalue weighted by Gasteiger charge is -2.08. The maximum absolute atomic E-state index is 10.1. The van der Waals surface area contributed by atoms with E-state index in [-0.39, 0.29) is 0 Å². The summed E-state index contributed by atoms with van der Waals surface area (Å²) in [6, 6.07) is 3.62. The van der Waals surface area contributed by atoms with Crippen LogP contribution in [0, 0.1) is 0 Å². The quantitative estimate of drug-likeness (QED) is 0.829. The molecule has 17 heavy (non-hydrogen) atoms. The van der Waals surface area contributed by atoms with Crippen molar-refractivity contribution >= 4 is 5.82 Å². The smallest absolute Gasteiger partial charge is 0.123 e. The molecule has 0 amide bonds. The number of nitrogen functional groups attached to an aromatic ring is 1. The van der Waals surface area contributed by atoms with Crippen LogP contribution in [0.4, 0.5) is 5.82 Å². The van der Waals surface area contributed by atoms with Gasteiger partial charge in [0.15, 0.2) is 0 Å². The highest BCUT2D eigenvalue weighted by Gasteiger charge is 2.11. The van der Waals surface area contributed by atoms with Gasteiger partial charge in [-0.05, 0) is 24.6 Å². The first-order valence-corrected chi connectivity index (χ1v) is 5.60. The number of aliphatic hydroxyl groups is 1. The lowest BCUT2D eigenvalue weighted by Crippen LogP contribution is -2.02. The van der Waals surface area contributed by atoms with E-state index >= 15 is 0 Å². The highest BCUT2D eigenvalue weighted by molar-refractivity contribution is 5.32. The van der Waals surface area contributed by atoms with Crippen molar-refractivity contribution in [3.63, 3.8) is 0 Å². The molecular formula is C12H16N4O. The van der Waals surface area contributed by atoms with Crippen LogP contribution in [0.2, 0.25) is 0 Å². The minimum Gasteiger partial charge on any atom is -0.388 e. The molecule has 90 valence electrons. The number of anilines is 1. The Hall–Kier alpha value is -1.88. The van der Waals surface area contributed by atoms with Gasteiger partial charge in [0.1, 0.15) is 5.82 Å². The summed E-state index contributed by atoms with van der Waals surface area (Å²) in [5, 5.41) is 14.2. The van der Waals surface area contributed by atoms with Gasteiger partial charge in [0.2, 0.25) is 0 Å². The van der Waals surface area contributed by atoms with E-state index < -0.39 is 6.10 Å². The summed E-state index contributed by atoms with van der Waals surface area (Å²) < 4.78 is 1.79. The van der Waals surface area contributed by atoms with Crippen LogP contribution in [0.5, 0.6) is 0 Å². The Bertz CT molecular complexity index is 495. The zero-order chi connectivity index (χ0) is 12.3. The number of aryl methyl sites for hydroxylation is 1. The number of nitrogens with zero attached hydrogens (tertiary/aromatic N) is 3. The van der Waals surface area contributed by atoms with Crippen LogP contribution in [-0.2, 0) is 13.0 Å². The van der Waals surface area contributed by atoms with Crippen LogP contribution in [0.3, 0.4) is 0 Å². The second kappa shape index (κ2) is 4.97. The van der Waals surface area contributed by atoms with E-state index in [1.165, 1.54) is 0 Å². The predicted octanol–water partition coefficient (Wildman–Crippen LogP) is 1.16. The third-order valence-electron chi connectivity index (χ3n) is 2.64. The van der Waals surface area contributed by atoms with E-state index in [2.05, 4.69) is 10.1 Å². The molecule has 2 aromatic heterocycles. The summed E-state index contributed by atoms with van der Waals surface area (Å²) in [5.41, 5.74) is 7.38. The lowest BCUT2D eigenvalue weighted by molar-refractivity contribution is 0.178. The Balaban J connectivity index is 2.08. The maximum atomic E-state index is 10.1. The van der Waals surface area contributed by atoms with E-state index in [0.29, 0.717) is 12.2 Å². The molecule has 0 aliphatic heterocycles. The Morgan fingerprint density at radius 3 is 3.00 bits per heavy atom. The highest BCUT2D eigenvalue weighted by Crippen LogP contribution is 2.18. The van der Waals surface area contributed by atoms with Crippen LogP contribution in [0.1, 0.15) is 24.2 Å². The van der Waals surface area contributed by atoms with Crippen molar-refractivity contribution in [1.82, 2.24) is 14.8 Å². The Morgan fingerprint density at radius 2 is 2.35 bits per heavy atom. The second-order valence-electron chi connectivity index (χ2n) is 3.94. The molecule has 5 nitrogen and oxygen atoms in total. The van der Waals surface area contributed by atoms with Gasteiger partial charge in [-0.25, -0.2) is 4.98 Å². The van der Waals surface area contributed by atoms with E-state index in [4.69, 9.17) is 5.73 Å². The number of rotatable bonds is 4. The predicted molar refractivity (Wildman–Crippen MR) is 65.2 cm³/mol. The monoisotopic (exact) mass is 232 g/mol. The topological polar surface area (TPSA) is 77.0 Å². The standard InChI is InChI=1S/C12H16N4O/c1-2-16-8-10(7-15-16)11(17)5-9-3-4-14-12(13)6-9/h3-4,6-8,11,17H,2,5H2,1H3,(H2,13,14). The molecule has 0 bridgehead atoms. The summed E-state index contributed by atoms with van der Waals surface area (Å²) in [5.74, 6) is 0.471. The SMILES string of the molecule is CCn1cc(C(O)Cc2ccnc(N)c2)cn1. The van der Waals surface area contributed by atoms with Gasteiger partial charge in [-0.3, -0.25) is 4.68 Å². The molecule has 1 atom stereocenters. The van der Waals surface area contributed by atoms with Gasteiger partial charge < -0.3 is 10.8 Å². The van der Waals surface area contributed by atoms with Crippen molar-refractivity contribution in [2.24, 2.45) is 0 Å². The third kappa shape index (κ3) is 2.82. The Morgan fingerprint density at radius 1 is 1.53 bits per heavy atom. The molecule has 1 unspecified atom stereocenters. The number of pyridine rings is 1. The first-order valence-electron chi connectivity index (χ1n) is 5.60. The zero-order valence-corrected chi connectivity index (χ0v) is 9.74. The maximum Gasteiger partial charge on any atom is 0.123 e. The highest BCUT2D eigenvalue weighted by atomic mass is 16.3. The molecule has 0 saturated carbocycles. The van der Waals surface area contributed by atoms with E-state index in [0.717, 1.165) is 17.7 Å². The van der Waals surface area contributed by atoms with Crippen LogP contribution in [0.15, 0.2) is 30.7 Å². The number of hydrogen-bond acceptors (Lipinski definition) is 4. The fourth-order valence-electron chi connectivity index (χ4n) is 1.69. The first kappa shape index (κ1) is 11.6. The van der Waals surface area contributed by atoms with Crippen molar-refractivity contribution in [3.8, 4) is 0 Å². The molecule has 0 aliphatic carbocycles. The summed E-state index contributed by atoms with van der Waals surface area (Å²) in [7, 11) is 0. The molecule has 2 aromatic rings. The van der Waals surface area contributed by atoms with Gasteiger partial charge in [-0.1, -0.05) is 0 Å².